The number of aliphatic carboxylic acids is 1. The van der Waals surface area contributed by atoms with Gasteiger partial charge >= 0.3 is 5.97 Å². The van der Waals surface area contributed by atoms with Gasteiger partial charge < -0.3 is 16.2 Å². The van der Waals surface area contributed by atoms with E-state index in [2.05, 4.69) is 19.2 Å². The van der Waals surface area contributed by atoms with E-state index in [-0.39, 0.29) is 24.2 Å². The first-order valence-electron chi connectivity index (χ1n) is 6.53. The van der Waals surface area contributed by atoms with Crippen molar-refractivity contribution in [3.05, 3.63) is 0 Å². The summed E-state index contributed by atoms with van der Waals surface area (Å²) in [5.41, 5.74) is 5.63. The lowest BCUT2D eigenvalue weighted by atomic mass is 9.94. The van der Waals surface area contributed by atoms with Crippen molar-refractivity contribution in [2.75, 3.05) is 13.1 Å². The Balaban J connectivity index is 3.91. The smallest absolute Gasteiger partial charge is 0.303 e. The van der Waals surface area contributed by atoms with Crippen molar-refractivity contribution >= 4 is 11.9 Å². The summed E-state index contributed by atoms with van der Waals surface area (Å²) in [5.74, 6) is -0.190. The van der Waals surface area contributed by atoms with Crippen molar-refractivity contribution < 1.29 is 14.7 Å². The molecule has 0 spiro atoms. The van der Waals surface area contributed by atoms with E-state index < -0.39 is 5.97 Å². The normalized spacial score (nSPS) is 14.3. The number of carboxylic acids is 1. The lowest BCUT2D eigenvalue weighted by Crippen LogP contribution is -2.32. The van der Waals surface area contributed by atoms with E-state index in [4.69, 9.17) is 10.8 Å². The molecule has 4 N–H and O–H groups in total. The molecule has 0 rings (SSSR count). The van der Waals surface area contributed by atoms with Gasteiger partial charge in [0.15, 0.2) is 0 Å². The molecule has 0 bridgehead atoms. The zero-order valence-electron chi connectivity index (χ0n) is 11.6. The Morgan fingerprint density at radius 2 is 1.83 bits per heavy atom. The number of carbonyl (C=O) groups excluding carboxylic acids is 1. The second kappa shape index (κ2) is 8.91. The average Bonchev–Trinajstić information content (AvgIpc) is 2.24. The Bertz CT molecular complexity index is 267. The summed E-state index contributed by atoms with van der Waals surface area (Å²) < 4.78 is 0. The highest BCUT2D eigenvalue weighted by molar-refractivity contribution is 5.76. The number of hydrogen-bond acceptors (Lipinski definition) is 3. The van der Waals surface area contributed by atoms with E-state index in [1.165, 1.54) is 0 Å². The highest BCUT2D eigenvalue weighted by atomic mass is 16.4. The van der Waals surface area contributed by atoms with E-state index in [1.807, 2.05) is 6.92 Å². The van der Waals surface area contributed by atoms with Crippen LogP contribution in [0.2, 0.25) is 0 Å². The Hall–Kier alpha value is -1.10. The lowest BCUT2D eigenvalue weighted by molar-refractivity contribution is -0.138. The van der Waals surface area contributed by atoms with E-state index in [1.54, 1.807) is 0 Å². The van der Waals surface area contributed by atoms with Gasteiger partial charge in [0.05, 0.1) is 0 Å². The Labute approximate surface area is 109 Å². The molecule has 0 fully saturated rings. The molecule has 2 atom stereocenters. The summed E-state index contributed by atoms with van der Waals surface area (Å²) >= 11 is 0. The highest BCUT2D eigenvalue weighted by Gasteiger charge is 2.15. The third-order valence-electron chi connectivity index (χ3n) is 2.78. The minimum absolute atomic E-state index is 0.0386. The second-order valence-electron chi connectivity index (χ2n) is 5.44. The number of nitrogens with one attached hydrogen (secondary N) is 1. The molecular formula is C13H26N2O3. The molecule has 1 amide bonds. The molecule has 0 aromatic carbocycles. The van der Waals surface area contributed by atoms with Gasteiger partial charge in [-0.2, -0.15) is 0 Å². The van der Waals surface area contributed by atoms with Gasteiger partial charge in [-0.15, -0.1) is 0 Å². The molecule has 0 aromatic heterocycles. The molecular weight excluding hydrogens is 232 g/mol. The van der Waals surface area contributed by atoms with Crippen molar-refractivity contribution in [1.82, 2.24) is 5.32 Å². The quantitative estimate of drug-likeness (QED) is 0.580. The maximum atomic E-state index is 11.7. The summed E-state index contributed by atoms with van der Waals surface area (Å²) in [5, 5.41) is 11.4. The molecule has 18 heavy (non-hydrogen) atoms. The highest BCUT2D eigenvalue weighted by Crippen LogP contribution is 2.14. The SMILES string of the molecule is CC(C)CC(CN)CC(=O)NCC(C)CC(=O)O. The van der Waals surface area contributed by atoms with Crippen molar-refractivity contribution in [1.29, 1.82) is 0 Å². The first-order chi connectivity index (χ1) is 8.35. The molecule has 0 aliphatic heterocycles. The van der Waals surface area contributed by atoms with Gasteiger partial charge in [0, 0.05) is 19.4 Å². The van der Waals surface area contributed by atoms with Crippen LogP contribution in [0.15, 0.2) is 0 Å². The molecule has 0 aliphatic carbocycles. The summed E-state index contributed by atoms with van der Waals surface area (Å²) in [6.45, 7) is 6.94. The predicted octanol–water partition coefficient (Wildman–Crippen LogP) is 1.22. The Kier molecular flexibility index (Phi) is 8.37. The van der Waals surface area contributed by atoms with E-state index >= 15 is 0 Å². The van der Waals surface area contributed by atoms with Gasteiger partial charge in [0.25, 0.3) is 0 Å². The monoisotopic (exact) mass is 258 g/mol. The maximum absolute atomic E-state index is 11.7. The van der Waals surface area contributed by atoms with Crippen LogP contribution in [-0.4, -0.2) is 30.1 Å². The third kappa shape index (κ3) is 8.98. The average molecular weight is 258 g/mol. The largest absolute Gasteiger partial charge is 0.481 e. The molecule has 2 unspecified atom stereocenters. The van der Waals surface area contributed by atoms with Crippen LogP contribution in [-0.2, 0) is 9.59 Å². The van der Waals surface area contributed by atoms with Gasteiger partial charge in [-0.3, -0.25) is 9.59 Å². The van der Waals surface area contributed by atoms with Crippen LogP contribution >= 0.6 is 0 Å². The molecule has 0 radical (unpaired) electrons. The molecule has 0 aliphatic rings. The maximum Gasteiger partial charge on any atom is 0.303 e. The van der Waals surface area contributed by atoms with E-state index in [0.29, 0.717) is 25.4 Å². The molecule has 0 aromatic rings. The number of carbonyl (C=O) groups is 2. The predicted molar refractivity (Wildman–Crippen MR) is 71.0 cm³/mol. The zero-order chi connectivity index (χ0) is 14.1. The minimum atomic E-state index is -0.837. The van der Waals surface area contributed by atoms with E-state index in [9.17, 15) is 9.59 Å². The molecule has 0 heterocycles. The van der Waals surface area contributed by atoms with Gasteiger partial charge in [0.2, 0.25) is 5.91 Å². The first kappa shape index (κ1) is 16.9. The van der Waals surface area contributed by atoms with Crippen molar-refractivity contribution in [3.8, 4) is 0 Å². The fourth-order valence-corrected chi connectivity index (χ4v) is 1.92. The van der Waals surface area contributed by atoms with Crippen LogP contribution in [0.3, 0.4) is 0 Å². The summed E-state index contributed by atoms with van der Waals surface area (Å²) in [6.07, 6.45) is 1.44. The Morgan fingerprint density at radius 1 is 1.22 bits per heavy atom. The molecule has 5 heteroatoms. The molecule has 0 saturated heterocycles. The fourth-order valence-electron chi connectivity index (χ4n) is 1.92. The molecule has 5 nitrogen and oxygen atoms in total. The minimum Gasteiger partial charge on any atom is -0.481 e. The third-order valence-corrected chi connectivity index (χ3v) is 2.78. The van der Waals surface area contributed by atoms with Crippen molar-refractivity contribution in [3.63, 3.8) is 0 Å². The van der Waals surface area contributed by atoms with Crippen LogP contribution in [0, 0.1) is 17.8 Å². The number of rotatable bonds is 9. The second-order valence-corrected chi connectivity index (χ2v) is 5.44. The number of amides is 1. The van der Waals surface area contributed by atoms with Crippen LogP contribution in [0.25, 0.3) is 0 Å². The Morgan fingerprint density at radius 3 is 2.28 bits per heavy atom. The van der Waals surface area contributed by atoms with Crippen LogP contribution in [0.4, 0.5) is 0 Å². The number of carboxylic acid groups (broad SMARTS) is 1. The molecule has 106 valence electrons. The van der Waals surface area contributed by atoms with Gasteiger partial charge in [0.1, 0.15) is 0 Å². The zero-order valence-corrected chi connectivity index (χ0v) is 11.6. The summed E-state index contributed by atoms with van der Waals surface area (Å²) in [6, 6.07) is 0. The van der Waals surface area contributed by atoms with Gasteiger partial charge in [-0.05, 0) is 30.7 Å². The summed E-state index contributed by atoms with van der Waals surface area (Å²) in [4.78, 5) is 22.1. The number of hydrogen-bond donors (Lipinski definition) is 3. The van der Waals surface area contributed by atoms with Crippen molar-refractivity contribution in [2.24, 2.45) is 23.5 Å². The standard InChI is InChI=1S/C13H26N2O3/c1-9(2)4-11(7-14)6-12(16)15-8-10(3)5-13(17)18/h9-11H,4-8,14H2,1-3H3,(H,15,16)(H,17,18). The topological polar surface area (TPSA) is 92.4 Å². The van der Waals surface area contributed by atoms with Crippen molar-refractivity contribution in [2.45, 2.75) is 40.0 Å². The molecule has 0 saturated carbocycles. The number of nitrogens with two attached hydrogens (primary N) is 1. The summed E-state index contributed by atoms with van der Waals surface area (Å²) in [7, 11) is 0. The van der Waals surface area contributed by atoms with Crippen LogP contribution < -0.4 is 11.1 Å². The lowest BCUT2D eigenvalue weighted by Gasteiger charge is -2.17. The van der Waals surface area contributed by atoms with Crippen LogP contribution in [0.1, 0.15) is 40.0 Å². The first-order valence-corrected chi connectivity index (χ1v) is 6.53. The van der Waals surface area contributed by atoms with Gasteiger partial charge in [-0.1, -0.05) is 20.8 Å². The van der Waals surface area contributed by atoms with Crippen LogP contribution in [0.5, 0.6) is 0 Å². The fraction of sp³-hybridized carbons (Fsp3) is 0.846. The van der Waals surface area contributed by atoms with E-state index in [0.717, 1.165) is 6.42 Å². The van der Waals surface area contributed by atoms with Gasteiger partial charge in [-0.25, -0.2) is 0 Å².